The summed E-state index contributed by atoms with van der Waals surface area (Å²) in [5.41, 5.74) is -2.01. The number of hydrogen-bond donors (Lipinski definition) is 1. The average molecular weight is 399 g/mol. The van der Waals surface area contributed by atoms with Gasteiger partial charge in [-0.3, -0.25) is 0 Å². The topological polar surface area (TPSA) is 110 Å². The lowest BCUT2D eigenvalue weighted by atomic mass is 9.89. The van der Waals surface area contributed by atoms with Crippen LogP contribution in [0.1, 0.15) is 11.1 Å². The average Bonchev–Trinajstić information content (AvgIpc) is 3.21. The number of carbonyl (C=O) groups excluding carboxylic acids is 1. The predicted molar refractivity (Wildman–Crippen MR) is 98.6 cm³/mol. The fourth-order valence-corrected chi connectivity index (χ4v) is 2.78. The number of hydrogen-bond acceptors (Lipinski definition) is 7. The summed E-state index contributed by atoms with van der Waals surface area (Å²) in [6, 6.07) is 13.1. The van der Waals surface area contributed by atoms with E-state index < -0.39 is 11.6 Å². The van der Waals surface area contributed by atoms with Crippen molar-refractivity contribution in [2.24, 2.45) is 0 Å². The third kappa shape index (κ3) is 3.96. The standard InChI is InChI=1S/C19H15ClN4O4/c1-27-18(25)19(26,10-24-12-22-11-23-24)17-7-6-16(8-13(17)9-21)28-15-4-2-14(20)3-5-15/h2-8,11-12,26H,10H2,1H3. The molecule has 0 spiro atoms. The molecule has 3 aromatic rings. The summed E-state index contributed by atoms with van der Waals surface area (Å²) in [6.45, 7) is -0.272. The lowest BCUT2D eigenvalue weighted by Gasteiger charge is -2.26. The van der Waals surface area contributed by atoms with Crippen molar-refractivity contribution in [1.29, 1.82) is 5.26 Å². The van der Waals surface area contributed by atoms with Crippen molar-refractivity contribution in [2.45, 2.75) is 12.1 Å². The number of nitriles is 1. The third-order valence-electron chi connectivity index (χ3n) is 3.99. The zero-order valence-corrected chi connectivity index (χ0v) is 15.5. The summed E-state index contributed by atoms with van der Waals surface area (Å²) in [6.07, 6.45) is 2.62. The molecular weight excluding hydrogens is 384 g/mol. The Morgan fingerprint density at radius 3 is 2.61 bits per heavy atom. The highest BCUT2D eigenvalue weighted by Gasteiger charge is 2.42. The highest BCUT2D eigenvalue weighted by Crippen LogP contribution is 2.32. The molecule has 8 nitrogen and oxygen atoms in total. The number of benzene rings is 2. The van der Waals surface area contributed by atoms with Crippen LogP contribution in [0.5, 0.6) is 11.5 Å². The molecular formula is C19H15ClN4O4. The van der Waals surface area contributed by atoms with E-state index in [-0.39, 0.29) is 17.7 Å². The molecule has 0 amide bonds. The molecule has 1 heterocycles. The normalized spacial score (nSPS) is 12.6. The van der Waals surface area contributed by atoms with E-state index in [1.807, 2.05) is 6.07 Å². The van der Waals surface area contributed by atoms with Crippen molar-refractivity contribution in [3.05, 3.63) is 71.3 Å². The minimum absolute atomic E-state index is 0.0551. The van der Waals surface area contributed by atoms with Crippen LogP contribution in [0.2, 0.25) is 5.02 Å². The summed E-state index contributed by atoms with van der Waals surface area (Å²) in [7, 11) is 1.15. The van der Waals surface area contributed by atoms with Crippen molar-refractivity contribution < 1.29 is 19.4 Å². The van der Waals surface area contributed by atoms with Crippen molar-refractivity contribution >= 4 is 17.6 Å². The first-order valence-electron chi connectivity index (χ1n) is 8.07. The van der Waals surface area contributed by atoms with Gasteiger partial charge in [0.2, 0.25) is 5.60 Å². The van der Waals surface area contributed by atoms with E-state index in [9.17, 15) is 15.2 Å². The molecule has 0 fully saturated rings. The zero-order valence-electron chi connectivity index (χ0n) is 14.7. The number of esters is 1. The Labute approximate surface area is 165 Å². The lowest BCUT2D eigenvalue weighted by Crippen LogP contribution is -2.41. The molecule has 0 bridgehead atoms. The molecule has 0 aliphatic heterocycles. The maximum Gasteiger partial charge on any atom is 0.344 e. The molecule has 142 valence electrons. The monoisotopic (exact) mass is 398 g/mol. The van der Waals surface area contributed by atoms with Crippen molar-refractivity contribution in [2.75, 3.05) is 7.11 Å². The second-order valence-electron chi connectivity index (χ2n) is 5.82. The van der Waals surface area contributed by atoms with Crippen LogP contribution in [0.25, 0.3) is 0 Å². The molecule has 1 N–H and O–H groups in total. The molecule has 0 radical (unpaired) electrons. The van der Waals surface area contributed by atoms with Gasteiger partial charge in [-0.15, -0.1) is 0 Å². The van der Waals surface area contributed by atoms with Crippen LogP contribution < -0.4 is 4.74 Å². The fraction of sp³-hybridized carbons (Fsp3) is 0.158. The molecule has 9 heteroatoms. The van der Waals surface area contributed by atoms with Gasteiger partial charge in [0.15, 0.2) is 0 Å². The Morgan fingerprint density at radius 1 is 1.29 bits per heavy atom. The number of rotatable bonds is 6. The zero-order chi connectivity index (χ0) is 20.1. The van der Waals surface area contributed by atoms with Gasteiger partial charge in [-0.05, 0) is 36.4 Å². The van der Waals surface area contributed by atoms with Crippen LogP contribution in [0.4, 0.5) is 0 Å². The number of halogens is 1. The highest BCUT2D eigenvalue weighted by atomic mass is 35.5. The van der Waals surface area contributed by atoms with Crippen LogP contribution >= 0.6 is 11.6 Å². The molecule has 0 saturated heterocycles. The molecule has 0 saturated carbocycles. The molecule has 1 aromatic heterocycles. The highest BCUT2D eigenvalue weighted by molar-refractivity contribution is 6.30. The lowest BCUT2D eigenvalue weighted by molar-refractivity contribution is -0.165. The molecule has 1 atom stereocenters. The van der Waals surface area contributed by atoms with E-state index in [2.05, 4.69) is 10.1 Å². The molecule has 2 aromatic carbocycles. The van der Waals surface area contributed by atoms with Crippen LogP contribution in [0.15, 0.2) is 55.1 Å². The van der Waals surface area contributed by atoms with E-state index in [1.54, 1.807) is 30.3 Å². The maximum atomic E-state index is 12.3. The van der Waals surface area contributed by atoms with Crippen molar-refractivity contribution in [3.8, 4) is 17.6 Å². The number of nitrogens with zero attached hydrogens (tertiary/aromatic N) is 4. The SMILES string of the molecule is COC(=O)C(O)(Cn1cncn1)c1ccc(Oc2ccc(Cl)cc2)cc1C#N. The maximum absolute atomic E-state index is 12.3. The molecule has 0 aliphatic rings. The van der Waals surface area contributed by atoms with Crippen LogP contribution in [0, 0.1) is 11.3 Å². The van der Waals surface area contributed by atoms with Gasteiger partial charge in [-0.25, -0.2) is 14.5 Å². The van der Waals surface area contributed by atoms with Gasteiger partial charge in [0.25, 0.3) is 0 Å². The first-order chi connectivity index (χ1) is 13.5. The van der Waals surface area contributed by atoms with E-state index in [4.69, 9.17) is 21.1 Å². The van der Waals surface area contributed by atoms with Crippen LogP contribution in [-0.2, 0) is 21.7 Å². The van der Waals surface area contributed by atoms with Gasteiger partial charge >= 0.3 is 5.97 Å². The number of aromatic nitrogens is 3. The predicted octanol–water partition coefficient (Wildman–Crippen LogP) is 2.66. The fourth-order valence-electron chi connectivity index (χ4n) is 2.66. The van der Waals surface area contributed by atoms with Gasteiger partial charge < -0.3 is 14.6 Å². The van der Waals surface area contributed by atoms with E-state index in [0.29, 0.717) is 16.5 Å². The second kappa shape index (κ2) is 8.08. The summed E-state index contributed by atoms with van der Waals surface area (Å²) >= 11 is 5.85. The Bertz CT molecular complexity index is 1020. The number of methoxy groups -OCH3 is 1. The minimum atomic E-state index is -2.13. The summed E-state index contributed by atoms with van der Waals surface area (Å²) in [4.78, 5) is 16.1. The molecule has 28 heavy (non-hydrogen) atoms. The summed E-state index contributed by atoms with van der Waals surface area (Å²) in [5, 5.41) is 25.1. The summed E-state index contributed by atoms with van der Waals surface area (Å²) in [5.74, 6) is -0.0478. The van der Waals surface area contributed by atoms with Gasteiger partial charge in [0.05, 0.1) is 25.3 Å². The molecule has 3 rings (SSSR count). The van der Waals surface area contributed by atoms with Crippen molar-refractivity contribution in [1.82, 2.24) is 14.8 Å². The van der Waals surface area contributed by atoms with Gasteiger partial charge in [-0.1, -0.05) is 17.7 Å². The van der Waals surface area contributed by atoms with Gasteiger partial charge in [0.1, 0.15) is 24.2 Å². The number of carbonyl (C=O) groups is 1. The Kier molecular flexibility index (Phi) is 5.59. The third-order valence-corrected chi connectivity index (χ3v) is 4.24. The number of aliphatic hydroxyl groups is 1. The van der Waals surface area contributed by atoms with Gasteiger partial charge in [-0.2, -0.15) is 10.4 Å². The smallest absolute Gasteiger partial charge is 0.344 e. The van der Waals surface area contributed by atoms with Crippen LogP contribution in [0.3, 0.4) is 0 Å². The minimum Gasteiger partial charge on any atom is -0.467 e. The van der Waals surface area contributed by atoms with E-state index >= 15 is 0 Å². The van der Waals surface area contributed by atoms with Crippen molar-refractivity contribution in [3.63, 3.8) is 0 Å². The first kappa shape index (κ1) is 19.4. The van der Waals surface area contributed by atoms with E-state index in [0.717, 1.165) is 7.11 Å². The Balaban J connectivity index is 1.97. The largest absolute Gasteiger partial charge is 0.467 e. The van der Waals surface area contributed by atoms with Crippen LogP contribution in [-0.4, -0.2) is 33.0 Å². The molecule has 0 aliphatic carbocycles. The molecule has 1 unspecified atom stereocenters. The summed E-state index contributed by atoms with van der Waals surface area (Å²) < 4.78 is 11.7. The first-order valence-corrected chi connectivity index (χ1v) is 8.45. The Hall–Kier alpha value is -3.41. The Morgan fingerprint density at radius 2 is 2.00 bits per heavy atom. The number of ether oxygens (including phenoxy) is 2. The van der Waals surface area contributed by atoms with Gasteiger partial charge in [0, 0.05) is 10.6 Å². The van der Waals surface area contributed by atoms with E-state index in [1.165, 1.54) is 29.5 Å². The quantitative estimate of drug-likeness (QED) is 0.635. The second-order valence-corrected chi connectivity index (χ2v) is 6.26.